The molecule has 7 nitrogen and oxygen atoms in total. The molecule has 2 rings (SSSR count). The van der Waals surface area contributed by atoms with Crippen molar-refractivity contribution in [3.63, 3.8) is 0 Å². The Morgan fingerprint density at radius 1 is 1.58 bits per heavy atom. The minimum Gasteiger partial charge on any atom is -0.355 e. The Morgan fingerprint density at radius 2 is 2.42 bits per heavy atom. The summed E-state index contributed by atoms with van der Waals surface area (Å²) in [4.78, 5) is 25.7. The maximum Gasteiger partial charge on any atom is 0.275 e. The molecule has 0 aliphatic carbocycles. The Kier molecular flexibility index (Phi) is 4.80. The predicted octanol–water partition coefficient (Wildman–Crippen LogP) is -0.535. The fourth-order valence-corrected chi connectivity index (χ4v) is 2.54. The first-order valence-electron chi connectivity index (χ1n) is 6.27. The molecule has 1 saturated heterocycles. The lowest BCUT2D eigenvalue weighted by atomic mass is 9.97. The van der Waals surface area contributed by atoms with Crippen LogP contribution in [0.1, 0.15) is 23.3 Å². The highest BCUT2D eigenvalue weighted by atomic mass is 32.1. The molecule has 3 N–H and O–H groups in total. The zero-order chi connectivity index (χ0) is 13.7. The summed E-state index contributed by atoms with van der Waals surface area (Å²) in [5.74, 6) is -0.333. The van der Waals surface area contributed by atoms with Crippen LogP contribution in [0.4, 0.5) is 0 Å². The average Bonchev–Trinajstić information content (AvgIpc) is 2.98. The molecule has 1 aliphatic heterocycles. The molecule has 0 aromatic carbocycles. The molecule has 1 fully saturated rings. The maximum absolute atomic E-state index is 12.1. The Morgan fingerprint density at radius 3 is 3.11 bits per heavy atom. The van der Waals surface area contributed by atoms with Gasteiger partial charge >= 0.3 is 0 Å². The molecule has 2 amide bonds. The van der Waals surface area contributed by atoms with Crippen LogP contribution in [-0.2, 0) is 4.79 Å². The van der Waals surface area contributed by atoms with Crippen molar-refractivity contribution >= 4 is 23.5 Å². The van der Waals surface area contributed by atoms with E-state index >= 15 is 0 Å². The van der Waals surface area contributed by atoms with Gasteiger partial charge in [-0.1, -0.05) is 0 Å². The monoisotopic (exact) mass is 283 g/mol. The molecule has 1 aliphatic rings. The number of nitrogens with one attached hydrogen (secondary N) is 1. The standard InChI is InChI=1S/C11H17N5O2S/c12-3-4-13-10(17)8-2-1-5-16(7-8)11(18)9-6-14-19-15-9/h6,8H,1-5,7,12H2,(H,13,17). The Bertz CT molecular complexity index is 436. The molecule has 1 unspecified atom stereocenters. The lowest BCUT2D eigenvalue weighted by Crippen LogP contribution is -2.46. The van der Waals surface area contributed by atoms with Gasteiger partial charge in [-0.25, -0.2) is 0 Å². The van der Waals surface area contributed by atoms with Crippen molar-refractivity contribution in [1.29, 1.82) is 0 Å². The summed E-state index contributed by atoms with van der Waals surface area (Å²) in [6, 6.07) is 0. The van der Waals surface area contributed by atoms with Crippen LogP contribution in [0.5, 0.6) is 0 Å². The van der Waals surface area contributed by atoms with Gasteiger partial charge in [0.2, 0.25) is 5.91 Å². The summed E-state index contributed by atoms with van der Waals surface area (Å²) in [5.41, 5.74) is 5.71. The number of likely N-dealkylation sites (tertiary alicyclic amines) is 1. The molecule has 104 valence electrons. The second kappa shape index (κ2) is 6.58. The number of piperidine rings is 1. The van der Waals surface area contributed by atoms with Gasteiger partial charge in [-0.2, -0.15) is 8.75 Å². The van der Waals surface area contributed by atoms with Crippen molar-refractivity contribution in [1.82, 2.24) is 19.0 Å². The van der Waals surface area contributed by atoms with Gasteiger partial charge in [0, 0.05) is 26.2 Å². The summed E-state index contributed by atoms with van der Waals surface area (Å²) in [6.07, 6.45) is 3.09. The smallest absolute Gasteiger partial charge is 0.275 e. The quantitative estimate of drug-likeness (QED) is 0.773. The van der Waals surface area contributed by atoms with Crippen molar-refractivity contribution in [3.8, 4) is 0 Å². The van der Waals surface area contributed by atoms with Gasteiger partial charge in [-0.05, 0) is 12.8 Å². The van der Waals surface area contributed by atoms with Gasteiger partial charge in [-0.3, -0.25) is 9.59 Å². The number of rotatable bonds is 4. The van der Waals surface area contributed by atoms with Crippen molar-refractivity contribution < 1.29 is 9.59 Å². The van der Waals surface area contributed by atoms with Crippen molar-refractivity contribution in [2.24, 2.45) is 11.7 Å². The minimum absolute atomic E-state index is 0.0284. The number of carbonyl (C=O) groups is 2. The van der Waals surface area contributed by atoms with E-state index in [9.17, 15) is 9.59 Å². The normalized spacial score (nSPS) is 19.2. The second-order valence-corrected chi connectivity index (χ2v) is 5.02. The average molecular weight is 283 g/mol. The van der Waals surface area contributed by atoms with Crippen LogP contribution < -0.4 is 11.1 Å². The third-order valence-electron chi connectivity index (χ3n) is 3.10. The van der Waals surface area contributed by atoms with E-state index in [2.05, 4.69) is 14.1 Å². The number of nitrogens with two attached hydrogens (primary N) is 1. The van der Waals surface area contributed by atoms with Crippen molar-refractivity contribution in [2.75, 3.05) is 26.2 Å². The van der Waals surface area contributed by atoms with Gasteiger partial charge in [0.1, 0.15) is 0 Å². The highest BCUT2D eigenvalue weighted by Crippen LogP contribution is 2.18. The predicted molar refractivity (Wildman–Crippen MR) is 70.6 cm³/mol. The van der Waals surface area contributed by atoms with Gasteiger partial charge in [0.25, 0.3) is 5.91 Å². The SMILES string of the molecule is NCCNC(=O)C1CCCN(C(=O)c2cnsn2)C1. The molecular formula is C11H17N5O2S. The molecule has 19 heavy (non-hydrogen) atoms. The minimum atomic E-state index is -0.157. The highest BCUT2D eigenvalue weighted by molar-refractivity contribution is 6.99. The Labute approximate surface area is 115 Å². The zero-order valence-corrected chi connectivity index (χ0v) is 11.4. The van der Waals surface area contributed by atoms with E-state index in [1.807, 2.05) is 0 Å². The Hall–Kier alpha value is -1.54. The molecule has 0 bridgehead atoms. The largest absolute Gasteiger partial charge is 0.355 e. The van der Waals surface area contributed by atoms with Gasteiger partial charge in [0.15, 0.2) is 5.69 Å². The lowest BCUT2D eigenvalue weighted by Gasteiger charge is -2.31. The highest BCUT2D eigenvalue weighted by Gasteiger charge is 2.29. The van der Waals surface area contributed by atoms with E-state index in [1.54, 1.807) is 4.90 Å². The van der Waals surface area contributed by atoms with Gasteiger partial charge in [0.05, 0.1) is 23.8 Å². The van der Waals surface area contributed by atoms with Crippen LogP contribution in [-0.4, -0.2) is 51.6 Å². The number of aromatic nitrogens is 2. The van der Waals surface area contributed by atoms with Crippen LogP contribution in [0.25, 0.3) is 0 Å². The number of amides is 2. The van der Waals surface area contributed by atoms with Gasteiger partial charge < -0.3 is 16.0 Å². The van der Waals surface area contributed by atoms with Crippen LogP contribution in [0.2, 0.25) is 0 Å². The van der Waals surface area contributed by atoms with E-state index in [4.69, 9.17) is 5.73 Å². The zero-order valence-electron chi connectivity index (χ0n) is 10.5. The first kappa shape index (κ1) is 13.9. The first-order valence-corrected chi connectivity index (χ1v) is 7.00. The second-order valence-electron chi connectivity index (χ2n) is 4.46. The fourth-order valence-electron chi connectivity index (χ4n) is 2.14. The molecule has 1 aromatic rings. The molecule has 2 heterocycles. The number of nitrogens with zero attached hydrogens (tertiary/aromatic N) is 3. The topological polar surface area (TPSA) is 101 Å². The molecule has 0 radical (unpaired) electrons. The van der Waals surface area contributed by atoms with E-state index in [1.165, 1.54) is 6.20 Å². The van der Waals surface area contributed by atoms with E-state index in [0.29, 0.717) is 31.9 Å². The Balaban J connectivity index is 1.93. The van der Waals surface area contributed by atoms with E-state index < -0.39 is 0 Å². The van der Waals surface area contributed by atoms with E-state index in [0.717, 1.165) is 24.6 Å². The third kappa shape index (κ3) is 3.48. The van der Waals surface area contributed by atoms with Crippen LogP contribution in [0, 0.1) is 5.92 Å². The lowest BCUT2D eigenvalue weighted by molar-refractivity contribution is -0.126. The van der Waals surface area contributed by atoms with Gasteiger partial charge in [-0.15, -0.1) is 0 Å². The summed E-state index contributed by atoms with van der Waals surface area (Å²) in [7, 11) is 0. The van der Waals surface area contributed by atoms with Crippen LogP contribution >= 0.6 is 11.7 Å². The number of carbonyl (C=O) groups excluding carboxylic acids is 2. The molecule has 1 atom stereocenters. The molecular weight excluding hydrogens is 266 g/mol. The molecule has 0 spiro atoms. The first-order chi connectivity index (χ1) is 9.22. The van der Waals surface area contributed by atoms with Crippen molar-refractivity contribution in [3.05, 3.63) is 11.9 Å². The fraction of sp³-hybridized carbons (Fsp3) is 0.636. The summed E-state index contributed by atoms with van der Waals surface area (Å²) in [6.45, 7) is 1.99. The number of hydrogen-bond donors (Lipinski definition) is 2. The van der Waals surface area contributed by atoms with E-state index in [-0.39, 0.29) is 17.7 Å². The molecule has 0 saturated carbocycles. The molecule has 1 aromatic heterocycles. The third-order valence-corrected chi connectivity index (χ3v) is 3.58. The number of hydrogen-bond acceptors (Lipinski definition) is 6. The van der Waals surface area contributed by atoms with Crippen LogP contribution in [0.15, 0.2) is 6.20 Å². The summed E-state index contributed by atoms with van der Waals surface area (Å²) >= 11 is 1.01. The summed E-state index contributed by atoms with van der Waals surface area (Å²) < 4.78 is 7.76. The van der Waals surface area contributed by atoms with Crippen LogP contribution in [0.3, 0.4) is 0 Å². The van der Waals surface area contributed by atoms with Crippen molar-refractivity contribution in [2.45, 2.75) is 12.8 Å². The molecule has 8 heteroatoms. The summed E-state index contributed by atoms with van der Waals surface area (Å²) in [5, 5.41) is 2.77. The maximum atomic E-state index is 12.1.